The highest BCUT2D eigenvalue weighted by Crippen LogP contribution is 2.42. The molecule has 2 amide bonds. The van der Waals surface area contributed by atoms with Crippen LogP contribution >= 0.6 is 0 Å². The van der Waals surface area contributed by atoms with Gasteiger partial charge in [0, 0.05) is 22.7 Å². The third-order valence-electron chi connectivity index (χ3n) is 5.14. The molecular formula is C24H16F3N3O4. The summed E-state index contributed by atoms with van der Waals surface area (Å²) in [7, 11) is 0. The Labute approximate surface area is 190 Å². The number of alkyl halides is 3. The van der Waals surface area contributed by atoms with Gasteiger partial charge in [-0.15, -0.1) is 0 Å². The van der Waals surface area contributed by atoms with Crippen molar-refractivity contribution >= 4 is 28.8 Å². The number of carbonyl (C=O) groups is 3. The van der Waals surface area contributed by atoms with E-state index in [9.17, 15) is 27.6 Å². The van der Waals surface area contributed by atoms with Gasteiger partial charge >= 0.3 is 18.2 Å². The van der Waals surface area contributed by atoms with Gasteiger partial charge in [-0.05, 0) is 35.9 Å². The molecule has 0 aliphatic carbocycles. The number of nitrogens with zero attached hydrogens (tertiary/aromatic N) is 1. The average Bonchev–Trinajstić information content (AvgIpc) is 3.19. The first-order chi connectivity index (χ1) is 16.1. The van der Waals surface area contributed by atoms with E-state index < -0.39 is 29.6 Å². The van der Waals surface area contributed by atoms with Crippen molar-refractivity contribution in [3.63, 3.8) is 0 Å². The Hall–Kier alpha value is -4.60. The van der Waals surface area contributed by atoms with Gasteiger partial charge in [0.25, 0.3) is 0 Å². The van der Waals surface area contributed by atoms with Gasteiger partial charge in [-0.3, -0.25) is 9.36 Å². The van der Waals surface area contributed by atoms with E-state index in [0.29, 0.717) is 6.07 Å². The molecule has 0 aliphatic heterocycles. The van der Waals surface area contributed by atoms with Gasteiger partial charge in [0.1, 0.15) is 5.52 Å². The lowest BCUT2D eigenvalue weighted by Gasteiger charge is -2.13. The summed E-state index contributed by atoms with van der Waals surface area (Å²) in [6.07, 6.45) is -3.71. The number of amides is 2. The molecule has 34 heavy (non-hydrogen) atoms. The van der Waals surface area contributed by atoms with Crippen LogP contribution in [0.1, 0.15) is 26.3 Å². The topological polar surface area (TPSA) is 117 Å². The van der Waals surface area contributed by atoms with E-state index in [1.807, 2.05) is 0 Å². The first kappa shape index (κ1) is 22.6. The Morgan fingerprint density at radius 1 is 0.824 bits per heavy atom. The highest BCUT2D eigenvalue weighted by Gasteiger charge is 2.35. The molecule has 0 radical (unpaired) electrons. The summed E-state index contributed by atoms with van der Waals surface area (Å²) in [6, 6.07) is 14.2. The van der Waals surface area contributed by atoms with Crippen LogP contribution in [-0.4, -0.2) is 22.5 Å². The van der Waals surface area contributed by atoms with Gasteiger partial charge in [0.15, 0.2) is 5.75 Å². The zero-order chi connectivity index (χ0) is 24.6. The second-order valence-electron chi connectivity index (χ2n) is 7.28. The Kier molecular flexibility index (Phi) is 5.58. The average molecular weight is 467 g/mol. The lowest BCUT2D eigenvalue weighted by atomic mass is 9.96. The molecule has 1 heterocycles. The Bertz CT molecular complexity index is 1440. The minimum absolute atomic E-state index is 0.00486. The normalized spacial score (nSPS) is 11.4. The third kappa shape index (κ3) is 4.08. The smallest absolute Gasteiger partial charge is 0.417 e. The summed E-state index contributed by atoms with van der Waals surface area (Å²) >= 11 is 0. The monoisotopic (exact) mass is 467 g/mol. The van der Waals surface area contributed by atoms with Crippen molar-refractivity contribution < 1.29 is 32.3 Å². The number of primary amides is 2. The van der Waals surface area contributed by atoms with Crippen molar-refractivity contribution in [3.05, 3.63) is 89.6 Å². The standard InChI is InChI=1S/C24H16F3N3O4/c25-24(26,27)18-11-14(21(28)31)9-10-15(18)17-12-30(23(29)33)20-16(17)7-4-8-19(20)34-22(32)13-5-2-1-3-6-13/h1-12H,(H2,28,31)(H2,29,33). The lowest BCUT2D eigenvalue weighted by molar-refractivity contribution is -0.137. The molecule has 10 heteroatoms. The molecule has 7 nitrogen and oxygen atoms in total. The fourth-order valence-electron chi connectivity index (χ4n) is 3.62. The van der Waals surface area contributed by atoms with Gasteiger partial charge in [0.05, 0.1) is 11.1 Å². The molecule has 0 fully saturated rings. The van der Waals surface area contributed by atoms with Crippen LogP contribution in [0.5, 0.6) is 5.75 Å². The predicted molar refractivity (Wildman–Crippen MR) is 117 cm³/mol. The lowest BCUT2D eigenvalue weighted by Crippen LogP contribution is -2.19. The number of nitrogens with two attached hydrogens (primary N) is 2. The maximum absolute atomic E-state index is 13.9. The maximum atomic E-state index is 13.9. The number of rotatable bonds is 4. The number of carbonyl (C=O) groups excluding carboxylic acids is 3. The highest BCUT2D eigenvalue weighted by atomic mass is 19.4. The molecule has 172 valence electrons. The van der Waals surface area contributed by atoms with Gasteiger partial charge < -0.3 is 16.2 Å². The van der Waals surface area contributed by atoms with E-state index in [-0.39, 0.29) is 38.9 Å². The molecule has 4 N–H and O–H groups in total. The molecule has 0 saturated carbocycles. The number of ether oxygens (including phenoxy) is 1. The van der Waals surface area contributed by atoms with Crippen molar-refractivity contribution in [2.24, 2.45) is 11.5 Å². The summed E-state index contributed by atoms with van der Waals surface area (Å²) in [5.41, 5.74) is 9.09. The summed E-state index contributed by atoms with van der Waals surface area (Å²) in [5.74, 6) is -1.82. The second kappa shape index (κ2) is 8.39. The molecule has 0 saturated heterocycles. The van der Waals surface area contributed by atoms with Gasteiger partial charge in [-0.2, -0.15) is 13.2 Å². The Balaban J connectivity index is 1.93. The van der Waals surface area contributed by atoms with Crippen LogP contribution in [0.25, 0.3) is 22.0 Å². The van der Waals surface area contributed by atoms with Crippen molar-refractivity contribution in [1.82, 2.24) is 4.57 Å². The summed E-state index contributed by atoms with van der Waals surface area (Å²) in [4.78, 5) is 36.2. The maximum Gasteiger partial charge on any atom is 0.417 e. The zero-order valence-electron chi connectivity index (χ0n) is 17.3. The van der Waals surface area contributed by atoms with Crippen LogP contribution in [0.3, 0.4) is 0 Å². The van der Waals surface area contributed by atoms with E-state index in [1.54, 1.807) is 18.2 Å². The Morgan fingerprint density at radius 2 is 1.53 bits per heavy atom. The number of para-hydroxylation sites is 1. The van der Waals surface area contributed by atoms with Gasteiger partial charge in [-0.1, -0.05) is 36.4 Å². The SMILES string of the molecule is NC(=O)c1ccc(-c2cn(C(N)=O)c3c(OC(=O)c4ccccc4)cccc23)c(C(F)(F)F)c1. The fraction of sp³-hybridized carbons (Fsp3) is 0.0417. The van der Waals surface area contributed by atoms with Crippen LogP contribution in [0.4, 0.5) is 18.0 Å². The summed E-state index contributed by atoms with van der Waals surface area (Å²) < 4.78 is 47.9. The molecule has 4 rings (SSSR count). The zero-order valence-corrected chi connectivity index (χ0v) is 17.3. The van der Waals surface area contributed by atoms with Crippen molar-refractivity contribution in [3.8, 4) is 16.9 Å². The molecule has 0 bridgehead atoms. The van der Waals surface area contributed by atoms with Gasteiger partial charge in [0.2, 0.25) is 5.91 Å². The second-order valence-corrected chi connectivity index (χ2v) is 7.28. The van der Waals surface area contributed by atoms with Crippen LogP contribution in [-0.2, 0) is 6.18 Å². The Morgan fingerprint density at radius 3 is 2.15 bits per heavy atom. The minimum Gasteiger partial charge on any atom is -0.421 e. The van der Waals surface area contributed by atoms with E-state index in [0.717, 1.165) is 22.9 Å². The van der Waals surface area contributed by atoms with Crippen LogP contribution < -0.4 is 16.2 Å². The first-order valence-corrected chi connectivity index (χ1v) is 9.80. The third-order valence-corrected chi connectivity index (χ3v) is 5.14. The summed E-state index contributed by atoms with van der Waals surface area (Å²) in [5, 5.41) is 0.175. The van der Waals surface area contributed by atoms with E-state index in [4.69, 9.17) is 16.2 Å². The number of benzene rings is 3. The van der Waals surface area contributed by atoms with E-state index in [2.05, 4.69) is 0 Å². The van der Waals surface area contributed by atoms with E-state index in [1.165, 1.54) is 30.3 Å². The first-order valence-electron chi connectivity index (χ1n) is 9.80. The van der Waals surface area contributed by atoms with Crippen molar-refractivity contribution in [2.75, 3.05) is 0 Å². The van der Waals surface area contributed by atoms with Crippen molar-refractivity contribution in [2.45, 2.75) is 6.18 Å². The van der Waals surface area contributed by atoms with Crippen LogP contribution in [0.15, 0.2) is 72.9 Å². The number of esters is 1. The van der Waals surface area contributed by atoms with Crippen LogP contribution in [0.2, 0.25) is 0 Å². The molecule has 0 spiro atoms. The molecule has 1 aromatic heterocycles. The molecule has 4 aromatic rings. The number of aromatic nitrogens is 1. The number of halogens is 3. The fourth-order valence-corrected chi connectivity index (χ4v) is 3.62. The highest BCUT2D eigenvalue weighted by molar-refractivity contribution is 6.06. The van der Waals surface area contributed by atoms with Gasteiger partial charge in [-0.25, -0.2) is 9.59 Å². The molecule has 0 unspecified atom stereocenters. The number of hydrogen-bond donors (Lipinski definition) is 2. The number of hydrogen-bond acceptors (Lipinski definition) is 4. The molecular weight excluding hydrogens is 451 g/mol. The molecule has 3 aromatic carbocycles. The minimum atomic E-state index is -4.83. The number of fused-ring (bicyclic) bond motifs is 1. The largest absolute Gasteiger partial charge is 0.421 e. The molecule has 0 atom stereocenters. The van der Waals surface area contributed by atoms with Crippen molar-refractivity contribution in [1.29, 1.82) is 0 Å². The molecule has 0 aliphatic rings. The quantitative estimate of drug-likeness (QED) is 0.338. The predicted octanol–water partition coefficient (Wildman–Crippen LogP) is 4.57. The van der Waals surface area contributed by atoms with Crippen LogP contribution in [0, 0.1) is 0 Å². The van der Waals surface area contributed by atoms with E-state index >= 15 is 0 Å². The summed E-state index contributed by atoms with van der Waals surface area (Å²) in [6.45, 7) is 0.